The van der Waals surface area contributed by atoms with E-state index in [-0.39, 0.29) is 11.7 Å². The molecule has 3 nitrogen and oxygen atoms in total. The maximum atomic E-state index is 12.3. The summed E-state index contributed by atoms with van der Waals surface area (Å²) in [7, 11) is 0. The van der Waals surface area contributed by atoms with E-state index in [9.17, 15) is 9.90 Å². The van der Waals surface area contributed by atoms with Crippen LogP contribution in [0.25, 0.3) is 0 Å². The molecule has 2 rings (SSSR count). The molecule has 0 N–H and O–H groups in total. The van der Waals surface area contributed by atoms with Gasteiger partial charge in [-0.1, -0.05) is 30.1 Å². The maximum Gasteiger partial charge on any atom is 0.334 e. The summed E-state index contributed by atoms with van der Waals surface area (Å²) in [5.41, 5.74) is 1.88. The van der Waals surface area contributed by atoms with Crippen LogP contribution in [0.4, 0.5) is 0 Å². The standard InChI is InChI=1S/C15H18O3/c1-2-18-15(17)13-10-6-5-9-12(13)14(16)11-7-3-4-8-11/h3-4,7-8,16H,2,5-6,9-10H2,1H3/p-1. The molecule has 0 bridgehead atoms. The van der Waals surface area contributed by atoms with Crippen LogP contribution in [0.1, 0.15) is 32.6 Å². The molecule has 2 aliphatic carbocycles. The summed E-state index contributed by atoms with van der Waals surface area (Å²) < 4.78 is 5.03. The third-order valence-corrected chi connectivity index (χ3v) is 3.19. The molecular formula is C15H17O3-. The van der Waals surface area contributed by atoms with Crippen molar-refractivity contribution in [3.8, 4) is 0 Å². The summed E-state index contributed by atoms with van der Waals surface area (Å²) in [5.74, 6) is -0.352. The van der Waals surface area contributed by atoms with E-state index in [1.807, 2.05) is 12.2 Å². The predicted molar refractivity (Wildman–Crippen MR) is 67.4 cm³/mol. The van der Waals surface area contributed by atoms with Crippen LogP contribution in [-0.4, -0.2) is 12.6 Å². The molecule has 0 unspecified atom stereocenters. The van der Waals surface area contributed by atoms with Crippen molar-refractivity contribution in [3.63, 3.8) is 0 Å². The van der Waals surface area contributed by atoms with Crippen molar-refractivity contribution < 1.29 is 14.6 Å². The van der Waals surface area contributed by atoms with E-state index in [1.54, 1.807) is 19.1 Å². The van der Waals surface area contributed by atoms with Gasteiger partial charge in [-0.05, 0) is 43.8 Å². The highest BCUT2D eigenvalue weighted by Crippen LogP contribution is 2.31. The van der Waals surface area contributed by atoms with Crippen LogP contribution in [-0.2, 0) is 9.53 Å². The number of esters is 1. The molecular weight excluding hydrogens is 228 g/mol. The Labute approximate surface area is 107 Å². The molecule has 0 amide bonds. The first kappa shape index (κ1) is 12.7. The molecule has 0 fully saturated rings. The first-order valence-electron chi connectivity index (χ1n) is 6.39. The van der Waals surface area contributed by atoms with Crippen LogP contribution < -0.4 is 5.11 Å². The minimum atomic E-state index is -0.327. The van der Waals surface area contributed by atoms with Crippen molar-refractivity contribution in [1.82, 2.24) is 0 Å². The third-order valence-electron chi connectivity index (χ3n) is 3.19. The minimum Gasteiger partial charge on any atom is -0.872 e. The molecule has 0 atom stereocenters. The second-order valence-electron chi connectivity index (χ2n) is 4.39. The Balaban J connectivity index is 2.36. The Morgan fingerprint density at radius 1 is 1.22 bits per heavy atom. The molecule has 2 aliphatic rings. The normalized spacial score (nSPS) is 18.4. The number of rotatable bonds is 3. The van der Waals surface area contributed by atoms with Gasteiger partial charge in [-0.2, -0.15) is 0 Å². The van der Waals surface area contributed by atoms with Crippen LogP contribution in [0.5, 0.6) is 0 Å². The Hall–Kier alpha value is -1.77. The molecule has 0 aromatic rings. The van der Waals surface area contributed by atoms with E-state index in [1.165, 1.54) is 0 Å². The van der Waals surface area contributed by atoms with Gasteiger partial charge in [-0.15, -0.1) is 0 Å². The highest BCUT2D eigenvalue weighted by atomic mass is 16.5. The zero-order valence-electron chi connectivity index (χ0n) is 10.6. The van der Waals surface area contributed by atoms with Crippen LogP contribution in [0, 0.1) is 0 Å². The molecule has 18 heavy (non-hydrogen) atoms. The topological polar surface area (TPSA) is 49.4 Å². The predicted octanol–water partition coefficient (Wildman–Crippen LogP) is 2.16. The van der Waals surface area contributed by atoms with Crippen molar-refractivity contribution in [2.75, 3.05) is 6.61 Å². The van der Waals surface area contributed by atoms with Gasteiger partial charge in [0.1, 0.15) is 0 Å². The first-order valence-corrected chi connectivity index (χ1v) is 6.39. The smallest absolute Gasteiger partial charge is 0.334 e. The van der Waals surface area contributed by atoms with Gasteiger partial charge < -0.3 is 9.84 Å². The zero-order valence-corrected chi connectivity index (χ0v) is 10.6. The largest absolute Gasteiger partial charge is 0.872 e. The second-order valence-corrected chi connectivity index (χ2v) is 4.39. The molecule has 0 radical (unpaired) electrons. The van der Waals surface area contributed by atoms with Crippen molar-refractivity contribution in [2.24, 2.45) is 0 Å². The lowest BCUT2D eigenvalue weighted by atomic mass is 9.89. The van der Waals surface area contributed by atoms with E-state index in [2.05, 4.69) is 0 Å². The van der Waals surface area contributed by atoms with Crippen LogP contribution in [0.15, 0.2) is 46.8 Å². The van der Waals surface area contributed by atoms with Gasteiger partial charge >= 0.3 is 5.97 Å². The summed E-state index contributed by atoms with van der Waals surface area (Å²) >= 11 is 0. The van der Waals surface area contributed by atoms with Gasteiger partial charge in [0.2, 0.25) is 0 Å². The zero-order chi connectivity index (χ0) is 13.0. The van der Waals surface area contributed by atoms with E-state index >= 15 is 0 Å². The van der Waals surface area contributed by atoms with Crippen molar-refractivity contribution in [1.29, 1.82) is 0 Å². The van der Waals surface area contributed by atoms with Gasteiger partial charge in [0.15, 0.2) is 0 Å². The fourth-order valence-corrected chi connectivity index (χ4v) is 2.30. The Morgan fingerprint density at radius 3 is 2.44 bits per heavy atom. The number of carbonyl (C=O) groups excluding carboxylic acids is 1. The van der Waals surface area contributed by atoms with Crippen molar-refractivity contribution >= 4 is 5.97 Å². The molecule has 0 spiro atoms. The van der Waals surface area contributed by atoms with E-state index in [0.717, 1.165) is 12.8 Å². The monoisotopic (exact) mass is 245 g/mol. The number of hydrogen-bond acceptors (Lipinski definition) is 3. The summed E-state index contributed by atoms with van der Waals surface area (Å²) in [5, 5.41) is 12.3. The molecule has 96 valence electrons. The average Bonchev–Trinajstić information content (AvgIpc) is 2.92. The first-order chi connectivity index (χ1) is 8.74. The molecule has 3 heteroatoms. The highest BCUT2D eigenvalue weighted by molar-refractivity contribution is 5.90. The van der Waals surface area contributed by atoms with Crippen LogP contribution >= 0.6 is 0 Å². The Bertz CT molecular complexity index is 450. The lowest BCUT2D eigenvalue weighted by molar-refractivity contribution is -0.299. The maximum absolute atomic E-state index is 12.3. The summed E-state index contributed by atoms with van der Waals surface area (Å²) in [6.07, 6.45) is 10.5. The van der Waals surface area contributed by atoms with Crippen molar-refractivity contribution in [2.45, 2.75) is 32.6 Å². The highest BCUT2D eigenvalue weighted by Gasteiger charge is 2.20. The minimum absolute atomic E-state index is 0.0252. The lowest BCUT2D eigenvalue weighted by Crippen LogP contribution is -2.19. The van der Waals surface area contributed by atoms with E-state index < -0.39 is 0 Å². The Kier molecular flexibility index (Phi) is 4.03. The molecule has 0 aliphatic heterocycles. The van der Waals surface area contributed by atoms with Crippen LogP contribution in [0.3, 0.4) is 0 Å². The Morgan fingerprint density at radius 2 is 1.83 bits per heavy atom. The number of carbonyl (C=O) groups is 1. The molecule has 0 aromatic heterocycles. The van der Waals surface area contributed by atoms with Crippen molar-refractivity contribution in [3.05, 3.63) is 46.8 Å². The van der Waals surface area contributed by atoms with Gasteiger partial charge in [0.05, 0.1) is 6.61 Å². The summed E-state index contributed by atoms with van der Waals surface area (Å²) in [4.78, 5) is 11.9. The number of allylic oxidation sites excluding steroid dienone is 6. The molecule has 0 saturated heterocycles. The molecule has 0 saturated carbocycles. The lowest BCUT2D eigenvalue weighted by Gasteiger charge is -2.25. The summed E-state index contributed by atoms with van der Waals surface area (Å²) in [6.45, 7) is 2.13. The second kappa shape index (κ2) is 5.71. The number of hydrogen-bond donors (Lipinski definition) is 0. The SMILES string of the molecule is CCOC(=O)C1=C(C([O-])=C2C=CC=C2)CCCC1. The fourth-order valence-electron chi connectivity index (χ4n) is 2.30. The third kappa shape index (κ3) is 2.55. The van der Waals surface area contributed by atoms with Gasteiger partial charge in [-0.25, -0.2) is 4.79 Å². The van der Waals surface area contributed by atoms with Gasteiger partial charge in [0.25, 0.3) is 0 Å². The number of ether oxygens (including phenoxy) is 1. The van der Waals surface area contributed by atoms with E-state index in [4.69, 9.17) is 4.74 Å². The van der Waals surface area contributed by atoms with Gasteiger partial charge in [-0.3, -0.25) is 0 Å². The molecule has 0 aromatic carbocycles. The molecule has 0 heterocycles. The van der Waals surface area contributed by atoms with Gasteiger partial charge in [0, 0.05) is 5.57 Å². The van der Waals surface area contributed by atoms with Crippen LogP contribution in [0.2, 0.25) is 0 Å². The quantitative estimate of drug-likeness (QED) is 0.565. The fraction of sp³-hybridized carbons (Fsp3) is 0.400. The van der Waals surface area contributed by atoms with E-state index in [0.29, 0.717) is 36.2 Å². The average molecular weight is 245 g/mol. The summed E-state index contributed by atoms with van der Waals surface area (Å²) in [6, 6.07) is 0.